The zero-order chi connectivity index (χ0) is 10.8. The van der Waals surface area contributed by atoms with Crippen molar-refractivity contribution < 1.29 is 4.74 Å². The molecule has 0 saturated heterocycles. The molecule has 14 heavy (non-hydrogen) atoms. The van der Waals surface area contributed by atoms with Crippen LogP contribution in [0.4, 0.5) is 0 Å². The Labute approximate surface area is 86.3 Å². The van der Waals surface area contributed by atoms with Gasteiger partial charge in [0.2, 0.25) is 0 Å². The summed E-state index contributed by atoms with van der Waals surface area (Å²) in [6.07, 6.45) is 3.59. The third-order valence-electron chi connectivity index (χ3n) is 2.80. The standard InChI is InChI=1S/C12H19NO/c1-9(12(2,3)4)10-6-7-13-8-11(10)14-5/h6-9H,1-5H3. The molecule has 0 aliphatic carbocycles. The average Bonchev–Trinajstić information content (AvgIpc) is 2.15. The zero-order valence-corrected chi connectivity index (χ0v) is 9.66. The summed E-state index contributed by atoms with van der Waals surface area (Å²) in [6.45, 7) is 8.92. The normalized spacial score (nSPS) is 13.8. The molecular formula is C12H19NO. The largest absolute Gasteiger partial charge is 0.495 e. The van der Waals surface area contributed by atoms with Crippen molar-refractivity contribution in [2.45, 2.75) is 33.6 Å². The summed E-state index contributed by atoms with van der Waals surface area (Å²) in [5.74, 6) is 1.34. The Bertz CT molecular complexity index is 301. The number of hydrogen-bond donors (Lipinski definition) is 0. The van der Waals surface area contributed by atoms with Gasteiger partial charge in [0.25, 0.3) is 0 Å². The molecule has 2 heteroatoms. The Morgan fingerprint density at radius 2 is 2.00 bits per heavy atom. The molecule has 1 rings (SSSR count). The molecular weight excluding hydrogens is 174 g/mol. The van der Waals surface area contributed by atoms with Gasteiger partial charge in [0.05, 0.1) is 13.3 Å². The maximum atomic E-state index is 5.30. The second-order valence-corrected chi connectivity index (χ2v) is 4.71. The van der Waals surface area contributed by atoms with Gasteiger partial charge in [-0.2, -0.15) is 0 Å². The van der Waals surface area contributed by atoms with Crippen LogP contribution in [0.3, 0.4) is 0 Å². The quantitative estimate of drug-likeness (QED) is 0.719. The van der Waals surface area contributed by atoms with Crippen LogP contribution in [-0.4, -0.2) is 12.1 Å². The Morgan fingerprint density at radius 1 is 1.36 bits per heavy atom. The van der Waals surface area contributed by atoms with E-state index in [0.717, 1.165) is 5.75 Å². The van der Waals surface area contributed by atoms with E-state index in [9.17, 15) is 0 Å². The zero-order valence-electron chi connectivity index (χ0n) is 9.66. The van der Waals surface area contributed by atoms with Gasteiger partial charge in [-0.3, -0.25) is 4.98 Å². The summed E-state index contributed by atoms with van der Waals surface area (Å²) >= 11 is 0. The molecule has 0 spiro atoms. The van der Waals surface area contributed by atoms with Gasteiger partial charge >= 0.3 is 0 Å². The number of rotatable bonds is 2. The molecule has 0 fully saturated rings. The van der Waals surface area contributed by atoms with Crippen LogP contribution in [0.2, 0.25) is 0 Å². The summed E-state index contributed by atoms with van der Waals surface area (Å²) in [5, 5.41) is 0. The van der Waals surface area contributed by atoms with Gasteiger partial charge in [0, 0.05) is 11.8 Å². The summed E-state index contributed by atoms with van der Waals surface area (Å²) in [5.41, 5.74) is 1.48. The fourth-order valence-electron chi connectivity index (χ4n) is 1.39. The van der Waals surface area contributed by atoms with Gasteiger partial charge in [0.1, 0.15) is 5.75 Å². The third kappa shape index (κ3) is 2.25. The maximum Gasteiger partial charge on any atom is 0.140 e. The van der Waals surface area contributed by atoms with Gasteiger partial charge in [-0.25, -0.2) is 0 Å². The van der Waals surface area contributed by atoms with Crippen molar-refractivity contribution in [2.75, 3.05) is 7.11 Å². The molecule has 0 radical (unpaired) electrons. The second kappa shape index (κ2) is 3.99. The molecule has 0 N–H and O–H groups in total. The Kier molecular flexibility index (Phi) is 3.14. The first-order chi connectivity index (χ1) is 6.46. The first kappa shape index (κ1) is 11.0. The van der Waals surface area contributed by atoms with Crippen molar-refractivity contribution in [2.24, 2.45) is 5.41 Å². The smallest absolute Gasteiger partial charge is 0.140 e. The molecule has 0 aromatic carbocycles. The van der Waals surface area contributed by atoms with Gasteiger partial charge < -0.3 is 4.74 Å². The molecule has 1 atom stereocenters. The lowest BCUT2D eigenvalue weighted by atomic mass is 9.78. The van der Waals surface area contributed by atoms with Gasteiger partial charge in [-0.05, 0) is 17.4 Å². The minimum atomic E-state index is 0.245. The highest BCUT2D eigenvalue weighted by molar-refractivity contribution is 5.33. The lowest BCUT2D eigenvalue weighted by Gasteiger charge is -2.28. The van der Waals surface area contributed by atoms with Crippen LogP contribution in [0.5, 0.6) is 5.75 Å². The number of ether oxygens (including phenoxy) is 1. The first-order valence-corrected chi connectivity index (χ1v) is 4.94. The van der Waals surface area contributed by atoms with Crippen molar-refractivity contribution in [3.05, 3.63) is 24.0 Å². The fourth-order valence-corrected chi connectivity index (χ4v) is 1.39. The van der Waals surface area contributed by atoms with Crippen LogP contribution in [0, 0.1) is 5.41 Å². The lowest BCUT2D eigenvalue weighted by Crippen LogP contribution is -2.16. The van der Waals surface area contributed by atoms with Crippen molar-refractivity contribution in [1.29, 1.82) is 0 Å². The van der Waals surface area contributed by atoms with E-state index in [1.165, 1.54) is 5.56 Å². The molecule has 0 bridgehead atoms. The number of methoxy groups -OCH3 is 1. The molecule has 1 aromatic rings. The summed E-state index contributed by atoms with van der Waals surface area (Å²) in [4.78, 5) is 4.06. The Balaban J connectivity index is 3.06. The van der Waals surface area contributed by atoms with Crippen LogP contribution >= 0.6 is 0 Å². The van der Waals surface area contributed by atoms with E-state index in [4.69, 9.17) is 4.74 Å². The van der Waals surface area contributed by atoms with Gasteiger partial charge in [-0.15, -0.1) is 0 Å². The van der Waals surface area contributed by atoms with Crippen molar-refractivity contribution >= 4 is 0 Å². The van der Waals surface area contributed by atoms with Crippen LogP contribution in [0.25, 0.3) is 0 Å². The first-order valence-electron chi connectivity index (χ1n) is 4.94. The van der Waals surface area contributed by atoms with E-state index >= 15 is 0 Å². The van der Waals surface area contributed by atoms with Crippen LogP contribution in [0.1, 0.15) is 39.2 Å². The molecule has 78 valence electrons. The highest BCUT2D eigenvalue weighted by Crippen LogP contribution is 2.38. The number of nitrogens with zero attached hydrogens (tertiary/aromatic N) is 1. The number of hydrogen-bond acceptors (Lipinski definition) is 2. The van der Waals surface area contributed by atoms with Crippen LogP contribution < -0.4 is 4.74 Å². The van der Waals surface area contributed by atoms with E-state index in [-0.39, 0.29) is 5.41 Å². The Morgan fingerprint density at radius 3 is 2.50 bits per heavy atom. The second-order valence-electron chi connectivity index (χ2n) is 4.71. The van der Waals surface area contributed by atoms with E-state index in [2.05, 4.69) is 32.7 Å². The van der Waals surface area contributed by atoms with Crippen molar-refractivity contribution in [3.63, 3.8) is 0 Å². The molecule has 2 nitrogen and oxygen atoms in total. The van der Waals surface area contributed by atoms with E-state index in [1.807, 2.05) is 12.3 Å². The molecule has 0 amide bonds. The predicted molar refractivity (Wildman–Crippen MR) is 58.7 cm³/mol. The Hall–Kier alpha value is -1.05. The molecule has 1 aromatic heterocycles. The summed E-state index contributed by atoms with van der Waals surface area (Å²) in [6, 6.07) is 2.04. The van der Waals surface area contributed by atoms with Crippen molar-refractivity contribution in [3.8, 4) is 5.75 Å². The van der Waals surface area contributed by atoms with Crippen molar-refractivity contribution in [1.82, 2.24) is 4.98 Å². The van der Waals surface area contributed by atoms with Crippen LogP contribution in [-0.2, 0) is 0 Å². The number of pyridine rings is 1. The molecule has 1 heterocycles. The highest BCUT2D eigenvalue weighted by atomic mass is 16.5. The predicted octanol–water partition coefficient (Wildman–Crippen LogP) is 3.24. The topological polar surface area (TPSA) is 22.1 Å². The SMILES string of the molecule is COc1cnccc1C(C)C(C)(C)C. The van der Waals surface area contributed by atoms with Crippen LogP contribution in [0.15, 0.2) is 18.5 Å². The van der Waals surface area contributed by atoms with Gasteiger partial charge in [-0.1, -0.05) is 27.7 Å². The molecule has 0 aliphatic rings. The lowest BCUT2D eigenvalue weighted by molar-refractivity contribution is 0.324. The third-order valence-corrected chi connectivity index (χ3v) is 2.80. The summed E-state index contributed by atoms with van der Waals surface area (Å²) in [7, 11) is 1.69. The van der Waals surface area contributed by atoms with E-state index < -0.39 is 0 Å². The minimum Gasteiger partial charge on any atom is -0.495 e. The number of aromatic nitrogens is 1. The van der Waals surface area contributed by atoms with Gasteiger partial charge in [0.15, 0.2) is 0 Å². The fraction of sp³-hybridized carbons (Fsp3) is 0.583. The minimum absolute atomic E-state index is 0.245. The highest BCUT2D eigenvalue weighted by Gasteiger charge is 2.24. The van der Waals surface area contributed by atoms with E-state index in [1.54, 1.807) is 13.3 Å². The van der Waals surface area contributed by atoms with E-state index in [0.29, 0.717) is 5.92 Å². The summed E-state index contributed by atoms with van der Waals surface area (Å²) < 4.78 is 5.30. The molecule has 0 aliphatic heterocycles. The monoisotopic (exact) mass is 193 g/mol. The average molecular weight is 193 g/mol. The molecule has 0 saturated carbocycles. The maximum absolute atomic E-state index is 5.30. The molecule has 1 unspecified atom stereocenters.